The molecular formula is C21H27NO3. The Hall–Kier alpha value is -2.33. The van der Waals surface area contributed by atoms with Crippen molar-refractivity contribution in [2.24, 2.45) is 0 Å². The Morgan fingerprint density at radius 2 is 1.72 bits per heavy atom. The smallest absolute Gasteiger partial charge is 0.313 e. The minimum atomic E-state index is -0.914. The average molecular weight is 341 g/mol. The van der Waals surface area contributed by atoms with E-state index < -0.39 is 11.4 Å². The van der Waals surface area contributed by atoms with Gasteiger partial charge in [0.15, 0.2) is 0 Å². The quantitative estimate of drug-likeness (QED) is 0.680. The lowest BCUT2D eigenvalue weighted by molar-refractivity contribution is -0.143. The number of rotatable bonds is 9. The molecule has 1 unspecified atom stereocenters. The third-order valence-electron chi connectivity index (χ3n) is 4.45. The van der Waals surface area contributed by atoms with E-state index in [4.69, 9.17) is 4.74 Å². The summed E-state index contributed by atoms with van der Waals surface area (Å²) in [7, 11) is 4.06. The summed E-state index contributed by atoms with van der Waals surface area (Å²) in [5.74, 6) is 0.598. The maximum Gasteiger partial charge on any atom is 0.313 e. The number of carbonyl (C=O) groups is 1. The summed E-state index contributed by atoms with van der Waals surface area (Å²) in [6.45, 7) is 2.76. The second-order valence-corrected chi connectivity index (χ2v) is 6.84. The van der Waals surface area contributed by atoms with Crippen LogP contribution < -0.4 is 4.74 Å². The minimum Gasteiger partial charge on any atom is -0.481 e. The average Bonchev–Trinajstić information content (AvgIpc) is 2.59. The van der Waals surface area contributed by atoms with Gasteiger partial charge in [-0.15, -0.1) is 0 Å². The Balaban J connectivity index is 2.14. The van der Waals surface area contributed by atoms with Crippen LogP contribution in [0.5, 0.6) is 11.5 Å². The number of ether oxygens (including phenoxy) is 1. The Kier molecular flexibility index (Phi) is 6.59. The molecule has 4 heteroatoms. The Morgan fingerprint density at radius 1 is 1.04 bits per heavy atom. The Labute approximate surface area is 150 Å². The fourth-order valence-corrected chi connectivity index (χ4v) is 2.81. The van der Waals surface area contributed by atoms with Gasteiger partial charge < -0.3 is 14.7 Å². The molecule has 1 atom stereocenters. The van der Waals surface area contributed by atoms with Crippen LogP contribution in [0.15, 0.2) is 54.6 Å². The first-order valence-corrected chi connectivity index (χ1v) is 8.63. The van der Waals surface area contributed by atoms with Gasteiger partial charge in [-0.05, 0) is 70.2 Å². The molecule has 0 aliphatic rings. The number of hydrogen-bond donors (Lipinski definition) is 1. The van der Waals surface area contributed by atoms with Crippen LogP contribution in [0.4, 0.5) is 0 Å². The highest BCUT2D eigenvalue weighted by Crippen LogP contribution is 2.33. The molecule has 4 nitrogen and oxygen atoms in total. The van der Waals surface area contributed by atoms with Crippen LogP contribution in [0.2, 0.25) is 0 Å². The van der Waals surface area contributed by atoms with Crippen molar-refractivity contribution in [3.8, 4) is 11.5 Å². The number of hydrogen-bond acceptors (Lipinski definition) is 3. The van der Waals surface area contributed by atoms with E-state index in [0.717, 1.165) is 30.7 Å². The number of unbranched alkanes of at least 4 members (excludes halogenated alkanes) is 1. The number of para-hydroxylation sites is 1. The number of aliphatic carboxylic acids is 1. The SMILES string of the molecule is CN(C)CCCCC(C)(C(=O)O)c1cccc(Oc2ccccc2)c1. The fraction of sp³-hybridized carbons (Fsp3) is 0.381. The van der Waals surface area contributed by atoms with Crippen LogP contribution in [-0.4, -0.2) is 36.6 Å². The van der Waals surface area contributed by atoms with Gasteiger partial charge in [0.25, 0.3) is 0 Å². The molecule has 1 N–H and O–H groups in total. The summed E-state index contributed by atoms with van der Waals surface area (Å²) in [4.78, 5) is 14.1. The molecule has 0 bridgehead atoms. The molecule has 134 valence electrons. The summed E-state index contributed by atoms with van der Waals surface area (Å²) >= 11 is 0. The van der Waals surface area contributed by atoms with Crippen LogP contribution in [-0.2, 0) is 10.2 Å². The van der Waals surface area contributed by atoms with E-state index in [1.54, 1.807) is 6.92 Å². The molecule has 0 heterocycles. The molecule has 0 aliphatic heterocycles. The van der Waals surface area contributed by atoms with Crippen LogP contribution in [0.1, 0.15) is 31.7 Å². The van der Waals surface area contributed by atoms with Crippen molar-refractivity contribution < 1.29 is 14.6 Å². The maximum atomic E-state index is 12.0. The summed E-state index contributed by atoms with van der Waals surface area (Å²) < 4.78 is 5.85. The fourth-order valence-electron chi connectivity index (χ4n) is 2.81. The normalized spacial score (nSPS) is 13.4. The van der Waals surface area contributed by atoms with Crippen molar-refractivity contribution in [2.45, 2.75) is 31.6 Å². The monoisotopic (exact) mass is 341 g/mol. The third-order valence-corrected chi connectivity index (χ3v) is 4.45. The Morgan fingerprint density at radius 3 is 2.36 bits per heavy atom. The number of benzene rings is 2. The van der Waals surface area contributed by atoms with Crippen molar-refractivity contribution in [3.63, 3.8) is 0 Å². The lowest BCUT2D eigenvalue weighted by atomic mass is 9.78. The molecule has 2 aromatic rings. The van der Waals surface area contributed by atoms with Crippen molar-refractivity contribution in [2.75, 3.05) is 20.6 Å². The van der Waals surface area contributed by atoms with E-state index >= 15 is 0 Å². The highest BCUT2D eigenvalue weighted by molar-refractivity contribution is 5.81. The molecule has 0 spiro atoms. The first-order valence-electron chi connectivity index (χ1n) is 8.63. The van der Waals surface area contributed by atoms with Gasteiger partial charge >= 0.3 is 5.97 Å². The number of nitrogens with zero attached hydrogens (tertiary/aromatic N) is 1. The predicted octanol–water partition coefficient (Wildman–Crippen LogP) is 4.55. The zero-order valence-electron chi connectivity index (χ0n) is 15.2. The summed E-state index contributed by atoms with van der Waals surface area (Å²) in [5.41, 5.74) is -0.138. The van der Waals surface area contributed by atoms with Gasteiger partial charge in [0.05, 0.1) is 5.41 Å². The van der Waals surface area contributed by atoms with Gasteiger partial charge in [-0.3, -0.25) is 4.79 Å². The molecule has 0 aromatic heterocycles. The molecule has 0 saturated heterocycles. The third kappa shape index (κ3) is 5.33. The highest BCUT2D eigenvalue weighted by atomic mass is 16.5. The first-order chi connectivity index (χ1) is 11.9. The molecule has 25 heavy (non-hydrogen) atoms. The van der Waals surface area contributed by atoms with Crippen LogP contribution >= 0.6 is 0 Å². The predicted molar refractivity (Wildman–Crippen MR) is 100 cm³/mol. The van der Waals surface area contributed by atoms with Crippen LogP contribution in [0, 0.1) is 0 Å². The van der Waals surface area contributed by atoms with Gasteiger partial charge in [-0.2, -0.15) is 0 Å². The summed E-state index contributed by atoms with van der Waals surface area (Å²) in [6.07, 6.45) is 2.45. The Bertz CT molecular complexity index is 685. The van der Waals surface area contributed by atoms with E-state index in [9.17, 15) is 9.90 Å². The standard InChI is InChI=1S/C21H27NO3/c1-21(20(23)24,14-7-8-15-22(2)3)17-10-9-13-19(16-17)25-18-11-5-4-6-12-18/h4-6,9-13,16H,7-8,14-15H2,1-3H3,(H,23,24). The zero-order chi connectivity index (χ0) is 18.3. The second-order valence-electron chi connectivity index (χ2n) is 6.84. The van der Waals surface area contributed by atoms with Crippen molar-refractivity contribution in [1.82, 2.24) is 4.90 Å². The van der Waals surface area contributed by atoms with Gasteiger partial charge in [-0.25, -0.2) is 0 Å². The first kappa shape index (κ1) is 19.0. The summed E-state index contributed by atoms with van der Waals surface area (Å²) in [6, 6.07) is 16.9. The molecule has 0 saturated carbocycles. The maximum absolute atomic E-state index is 12.0. The molecule has 2 rings (SSSR count). The lowest BCUT2D eigenvalue weighted by Crippen LogP contribution is -2.32. The van der Waals surface area contributed by atoms with E-state index in [1.807, 2.05) is 68.7 Å². The molecule has 0 aliphatic carbocycles. The van der Waals surface area contributed by atoms with Crippen molar-refractivity contribution >= 4 is 5.97 Å². The van der Waals surface area contributed by atoms with Crippen LogP contribution in [0.3, 0.4) is 0 Å². The van der Waals surface area contributed by atoms with Gasteiger partial charge in [0.2, 0.25) is 0 Å². The molecule has 0 radical (unpaired) electrons. The number of carboxylic acid groups (broad SMARTS) is 1. The van der Waals surface area contributed by atoms with Gasteiger partial charge in [0, 0.05) is 0 Å². The summed E-state index contributed by atoms with van der Waals surface area (Å²) in [5, 5.41) is 9.82. The van der Waals surface area contributed by atoms with E-state index in [0.29, 0.717) is 12.2 Å². The van der Waals surface area contributed by atoms with E-state index in [2.05, 4.69) is 4.90 Å². The highest BCUT2D eigenvalue weighted by Gasteiger charge is 2.34. The lowest BCUT2D eigenvalue weighted by Gasteiger charge is -2.26. The van der Waals surface area contributed by atoms with Crippen molar-refractivity contribution in [3.05, 3.63) is 60.2 Å². The largest absolute Gasteiger partial charge is 0.481 e. The minimum absolute atomic E-state index is 0.602. The van der Waals surface area contributed by atoms with E-state index in [-0.39, 0.29) is 0 Å². The topological polar surface area (TPSA) is 49.8 Å². The van der Waals surface area contributed by atoms with Gasteiger partial charge in [0.1, 0.15) is 11.5 Å². The number of carboxylic acids is 1. The van der Waals surface area contributed by atoms with E-state index in [1.165, 1.54) is 0 Å². The van der Waals surface area contributed by atoms with Crippen LogP contribution in [0.25, 0.3) is 0 Å². The molecule has 2 aromatic carbocycles. The molecule has 0 amide bonds. The second kappa shape index (κ2) is 8.67. The van der Waals surface area contributed by atoms with Crippen molar-refractivity contribution in [1.29, 1.82) is 0 Å². The molecular weight excluding hydrogens is 314 g/mol. The zero-order valence-corrected chi connectivity index (χ0v) is 15.2. The van der Waals surface area contributed by atoms with Gasteiger partial charge in [-0.1, -0.05) is 36.8 Å². The molecule has 0 fully saturated rings.